The highest BCUT2D eigenvalue weighted by atomic mass is 19.1. The molecule has 2 heterocycles. The fourth-order valence-electron chi connectivity index (χ4n) is 3.48. The number of carbonyl (C=O) groups excluding carboxylic acids is 3. The minimum atomic E-state index is -1.26. The van der Waals surface area contributed by atoms with Gasteiger partial charge in [0.1, 0.15) is 23.7 Å². The third kappa shape index (κ3) is 4.60. The SMILES string of the molecule is COC(=O)C[C@@H](NC(=O)N1CCc2[nH]cnc2C1c1ccc(OC)cc1F)C(=O)OC. The van der Waals surface area contributed by atoms with E-state index in [1.807, 2.05) is 0 Å². The molecule has 0 saturated carbocycles. The van der Waals surface area contributed by atoms with Crippen LogP contribution in [0, 0.1) is 5.82 Å². The molecule has 1 aliphatic heterocycles. The van der Waals surface area contributed by atoms with Gasteiger partial charge in [0.15, 0.2) is 0 Å². The van der Waals surface area contributed by atoms with Gasteiger partial charge in [0.25, 0.3) is 0 Å². The number of urea groups is 1. The standard InChI is InChI=1S/C20H23FN4O6/c1-29-11-4-5-12(13(21)8-11)18-17-14(22-10-23-17)6-7-25(18)20(28)24-15(19(27)31-3)9-16(26)30-2/h4-5,8,10,15,18H,6-7,9H2,1-3H3,(H,22,23)(H,24,28)/t15-,18?/m1/s1. The molecule has 1 unspecified atom stereocenters. The van der Waals surface area contributed by atoms with E-state index in [2.05, 4.69) is 24.8 Å². The van der Waals surface area contributed by atoms with Crippen molar-refractivity contribution in [2.75, 3.05) is 27.9 Å². The topological polar surface area (TPSA) is 123 Å². The third-order valence-electron chi connectivity index (χ3n) is 5.07. The number of benzene rings is 1. The summed E-state index contributed by atoms with van der Waals surface area (Å²) in [5.41, 5.74) is 1.49. The Kier molecular flexibility index (Phi) is 6.73. The molecule has 1 aromatic heterocycles. The molecule has 2 amide bonds. The lowest BCUT2D eigenvalue weighted by molar-refractivity contribution is -0.149. The average Bonchev–Trinajstić information content (AvgIpc) is 3.26. The fraction of sp³-hybridized carbons (Fsp3) is 0.400. The summed E-state index contributed by atoms with van der Waals surface area (Å²) in [6.07, 6.45) is 1.53. The Morgan fingerprint density at radius 2 is 2.06 bits per heavy atom. The number of carbonyl (C=O) groups is 3. The van der Waals surface area contributed by atoms with Gasteiger partial charge in [-0.1, -0.05) is 0 Å². The van der Waals surface area contributed by atoms with Crippen LogP contribution >= 0.6 is 0 Å². The summed E-state index contributed by atoms with van der Waals surface area (Å²) in [5, 5.41) is 2.49. The molecule has 10 nitrogen and oxygen atoms in total. The summed E-state index contributed by atoms with van der Waals surface area (Å²) < 4.78 is 29.2. The van der Waals surface area contributed by atoms with Crippen LogP contribution in [0.15, 0.2) is 24.5 Å². The predicted molar refractivity (Wildman–Crippen MR) is 105 cm³/mol. The van der Waals surface area contributed by atoms with E-state index in [0.717, 1.165) is 12.8 Å². The summed E-state index contributed by atoms with van der Waals surface area (Å²) in [4.78, 5) is 45.5. The van der Waals surface area contributed by atoms with E-state index in [9.17, 15) is 18.8 Å². The van der Waals surface area contributed by atoms with E-state index < -0.39 is 42.3 Å². The van der Waals surface area contributed by atoms with Gasteiger partial charge in [-0.25, -0.2) is 19.0 Å². The molecule has 0 bridgehead atoms. The van der Waals surface area contributed by atoms with E-state index >= 15 is 0 Å². The summed E-state index contributed by atoms with van der Waals surface area (Å²) in [7, 11) is 3.74. The van der Waals surface area contributed by atoms with Crippen LogP contribution in [0.5, 0.6) is 5.75 Å². The van der Waals surface area contributed by atoms with Crippen molar-refractivity contribution in [2.24, 2.45) is 0 Å². The lowest BCUT2D eigenvalue weighted by Crippen LogP contribution is -2.52. The molecule has 166 valence electrons. The number of esters is 2. The number of aromatic amines is 1. The van der Waals surface area contributed by atoms with Gasteiger partial charge in [-0.15, -0.1) is 0 Å². The normalized spacial score (nSPS) is 16.1. The number of hydrogen-bond donors (Lipinski definition) is 2. The van der Waals surface area contributed by atoms with Crippen molar-refractivity contribution in [3.8, 4) is 5.75 Å². The number of H-pyrrole nitrogens is 1. The van der Waals surface area contributed by atoms with Gasteiger partial charge in [-0.3, -0.25) is 4.79 Å². The molecule has 0 radical (unpaired) electrons. The van der Waals surface area contributed by atoms with Gasteiger partial charge >= 0.3 is 18.0 Å². The first-order valence-corrected chi connectivity index (χ1v) is 9.47. The van der Waals surface area contributed by atoms with Crippen LogP contribution in [0.1, 0.15) is 29.4 Å². The van der Waals surface area contributed by atoms with Crippen LogP contribution in [0.2, 0.25) is 0 Å². The fourth-order valence-corrected chi connectivity index (χ4v) is 3.48. The Morgan fingerprint density at radius 3 is 2.71 bits per heavy atom. The van der Waals surface area contributed by atoms with Crippen molar-refractivity contribution < 1.29 is 33.0 Å². The molecule has 11 heteroatoms. The summed E-state index contributed by atoms with van der Waals surface area (Å²) in [6, 6.07) is 1.55. The maximum absolute atomic E-state index is 14.9. The van der Waals surface area contributed by atoms with Crippen molar-refractivity contribution in [3.05, 3.63) is 47.3 Å². The molecule has 1 aromatic carbocycles. The van der Waals surface area contributed by atoms with Gasteiger partial charge in [-0.05, 0) is 12.1 Å². The number of methoxy groups -OCH3 is 3. The number of nitrogens with zero attached hydrogens (tertiary/aromatic N) is 2. The Balaban J connectivity index is 1.93. The van der Waals surface area contributed by atoms with Gasteiger partial charge in [0.2, 0.25) is 0 Å². The van der Waals surface area contributed by atoms with E-state index in [4.69, 9.17) is 4.74 Å². The number of fused-ring (bicyclic) bond motifs is 1. The molecule has 2 aromatic rings. The second-order valence-corrected chi connectivity index (χ2v) is 6.81. The van der Waals surface area contributed by atoms with Crippen LogP contribution < -0.4 is 10.1 Å². The molecule has 2 N–H and O–H groups in total. The molecule has 2 atom stereocenters. The van der Waals surface area contributed by atoms with E-state index in [1.165, 1.54) is 37.6 Å². The van der Waals surface area contributed by atoms with Crippen molar-refractivity contribution >= 4 is 18.0 Å². The molecule has 0 fully saturated rings. The predicted octanol–water partition coefficient (Wildman–Crippen LogP) is 1.32. The average molecular weight is 434 g/mol. The van der Waals surface area contributed by atoms with Crippen LogP contribution in [-0.4, -0.2) is 66.8 Å². The highest BCUT2D eigenvalue weighted by Crippen LogP contribution is 2.35. The number of hydrogen-bond acceptors (Lipinski definition) is 7. The smallest absolute Gasteiger partial charge is 0.329 e. The number of halogens is 1. The molecule has 0 saturated heterocycles. The maximum Gasteiger partial charge on any atom is 0.329 e. The Hall–Kier alpha value is -3.63. The molecule has 0 aliphatic carbocycles. The first kappa shape index (κ1) is 22.1. The summed E-state index contributed by atoms with van der Waals surface area (Å²) in [6.45, 7) is 0.225. The van der Waals surface area contributed by atoms with E-state index in [-0.39, 0.29) is 12.1 Å². The zero-order valence-corrected chi connectivity index (χ0v) is 17.3. The third-order valence-corrected chi connectivity index (χ3v) is 5.07. The number of rotatable bonds is 6. The number of nitrogens with one attached hydrogen (secondary N) is 2. The monoisotopic (exact) mass is 434 g/mol. The molecular weight excluding hydrogens is 411 g/mol. The zero-order valence-electron chi connectivity index (χ0n) is 17.3. The van der Waals surface area contributed by atoms with Crippen LogP contribution in [0.25, 0.3) is 0 Å². The van der Waals surface area contributed by atoms with Crippen LogP contribution in [0.4, 0.5) is 9.18 Å². The molecule has 1 aliphatic rings. The van der Waals surface area contributed by atoms with Crippen LogP contribution in [0.3, 0.4) is 0 Å². The van der Waals surface area contributed by atoms with Gasteiger partial charge in [-0.2, -0.15) is 0 Å². The minimum absolute atomic E-state index is 0.214. The Bertz CT molecular complexity index is 978. The quantitative estimate of drug-likeness (QED) is 0.658. The second kappa shape index (κ2) is 9.45. The second-order valence-electron chi connectivity index (χ2n) is 6.81. The Labute approximate surface area is 177 Å². The summed E-state index contributed by atoms with van der Waals surface area (Å²) >= 11 is 0. The lowest BCUT2D eigenvalue weighted by atomic mass is 9.95. The molecule has 3 rings (SSSR count). The van der Waals surface area contributed by atoms with Gasteiger partial charge in [0, 0.05) is 30.3 Å². The lowest BCUT2D eigenvalue weighted by Gasteiger charge is -2.36. The first-order valence-electron chi connectivity index (χ1n) is 9.47. The van der Waals surface area contributed by atoms with Crippen molar-refractivity contribution in [1.82, 2.24) is 20.2 Å². The zero-order chi connectivity index (χ0) is 22.5. The summed E-state index contributed by atoms with van der Waals surface area (Å²) in [5.74, 6) is -1.73. The van der Waals surface area contributed by atoms with Crippen molar-refractivity contribution in [3.63, 3.8) is 0 Å². The largest absolute Gasteiger partial charge is 0.497 e. The maximum atomic E-state index is 14.9. The molecule has 31 heavy (non-hydrogen) atoms. The first-order chi connectivity index (χ1) is 14.9. The highest BCUT2D eigenvalue weighted by Gasteiger charge is 2.37. The highest BCUT2D eigenvalue weighted by molar-refractivity contribution is 5.87. The number of aromatic nitrogens is 2. The van der Waals surface area contributed by atoms with Crippen molar-refractivity contribution in [1.29, 1.82) is 0 Å². The molecule has 0 spiro atoms. The van der Waals surface area contributed by atoms with E-state index in [0.29, 0.717) is 17.9 Å². The van der Waals surface area contributed by atoms with Gasteiger partial charge < -0.3 is 29.4 Å². The van der Waals surface area contributed by atoms with E-state index in [1.54, 1.807) is 6.07 Å². The minimum Gasteiger partial charge on any atom is -0.497 e. The number of amides is 2. The number of imidazole rings is 1. The number of ether oxygens (including phenoxy) is 3. The van der Waals surface area contributed by atoms with Crippen LogP contribution in [-0.2, 0) is 25.5 Å². The molecular formula is C20H23FN4O6. The Morgan fingerprint density at radius 1 is 1.29 bits per heavy atom. The van der Waals surface area contributed by atoms with Crippen molar-refractivity contribution in [2.45, 2.75) is 24.9 Å². The van der Waals surface area contributed by atoms with Gasteiger partial charge in [0.05, 0.1) is 39.8 Å².